The van der Waals surface area contributed by atoms with E-state index in [0.29, 0.717) is 26.1 Å². The number of hydrogen-bond acceptors (Lipinski definition) is 3. The third-order valence-corrected chi connectivity index (χ3v) is 2.57. The summed E-state index contributed by atoms with van der Waals surface area (Å²) in [7, 11) is 0. The Balaban J connectivity index is 3.18. The lowest BCUT2D eigenvalue weighted by Gasteiger charge is -2.08. The van der Waals surface area contributed by atoms with E-state index in [1.807, 2.05) is 0 Å². The lowest BCUT2D eigenvalue weighted by molar-refractivity contribution is -0.121. The van der Waals surface area contributed by atoms with Crippen LogP contribution in [-0.4, -0.2) is 36.8 Å². The van der Waals surface area contributed by atoms with Gasteiger partial charge in [-0.3, -0.25) is 4.79 Å². The monoisotopic (exact) mass is 244 g/mol. The van der Waals surface area contributed by atoms with Gasteiger partial charge < -0.3 is 15.7 Å². The van der Waals surface area contributed by atoms with E-state index in [2.05, 4.69) is 17.6 Å². The predicted molar refractivity (Wildman–Crippen MR) is 70.9 cm³/mol. The minimum atomic E-state index is -0.329. The first-order valence-corrected chi connectivity index (χ1v) is 6.82. The zero-order chi connectivity index (χ0) is 12.9. The molecule has 0 aliphatic heterocycles. The second kappa shape index (κ2) is 11.9. The number of carbonyl (C=O) groups is 1. The van der Waals surface area contributed by atoms with E-state index in [4.69, 9.17) is 5.11 Å². The molecule has 1 amide bonds. The maximum atomic E-state index is 11.4. The molecule has 4 heteroatoms. The summed E-state index contributed by atoms with van der Waals surface area (Å²) in [6, 6.07) is 0. The van der Waals surface area contributed by atoms with E-state index in [1.54, 1.807) is 6.92 Å². The van der Waals surface area contributed by atoms with Gasteiger partial charge in [-0.2, -0.15) is 0 Å². The van der Waals surface area contributed by atoms with Crippen molar-refractivity contribution in [3.63, 3.8) is 0 Å². The highest BCUT2D eigenvalue weighted by Gasteiger charge is 2.00. The molecule has 0 fully saturated rings. The third-order valence-electron chi connectivity index (χ3n) is 2.57. The van der Waals surface area contributed by atoms with Crippen LogP contribution in [0.2, 0.25) is 0 Å². The molecule has 0 radical (unpaired) electrons. The van der Waals surface area contributed by atoms with Gasteiger partial charge in [-0.15, -0.1) is 0 Å². The van der Waals surface area contributed by atoms with Crippen LogP contribution in [0.3, 0.4) is 0 Å². The molecule has 0 aromatic carbocycles. The van der Waals surface area contributed by atoms with Crippen LogP contribution >= 0.6 is 0 Å². The van der Waals surface area contributed by atoms with E-state index in [1.165, 1.54) is 19.3 Å². The molecule has 0 aliphatic rings. The maximum absolute atomic E-state index is 11.4. The fraction of sp³-hybridized carbons (Fsp3) is 0.923. The number of unbranched alkanes of at least 4 members (excludes halogenated alkanes) is 4. The van der Waals surface area contributed by atoms with Gasteiger partial charge in [0.15, 0.2) is 0 Å². The maximum Gasteiger partial charge on any atom is 0.220 e. The average molecular weight is 244 g/mol. The summed E-state index contributed by atoms with van der Waals surface area (Å²) in [6.07, 6.45) is 6.20. The molecule has 0 aromatic heterocycles. The number of rotatable bonds is 11. The molecule has 17 heavy (non-hydrogen) atoms. The van der Waals surface area contributed by atoms with Gasteiger partial charge in [0.1, 0.15) is 0 Å². The molecule has 3 N–H and O–H groups in total. The minimum Gasteiger partial charge on any atom is -0.392 e. The molecule has 1 atom stereocenters. The molecular weight excluding hydrogens is 216 g/mol. The van der Waals surface area contributed by atoms with Gasteiger partial charge in [-0.25, -0.2) is 0 Å². The van der Waals surface area contributed by atoms with E-state index in [0.717, 1.165) is 12.8 Å². The van der Waals surface area contributed by atoms with Crippen LogP contribution in [0.5, 0.6) is 0 Å². The smallest absolute Gasteiger partial charge is 0.220 e. The van der Waals surface area contributed by atoms with Gasteiger partial charge in [0.25, 0.3) is 0 Å². The van der Waals surface area contributed by atoms with Crippen LogP contribution in [0.4, 0.5) is 0 Å². The highest BCUT2D eigenvalue weighted by Crippen LogP contribution is 2.04. The highest BCUT2D eigenvalue weighted by atomic mass is 16.3. The van der Waals surface area contributed by atoms with Crippen molar-refractivity contribution in [1.82, 2.24) is 10.6 Å². The van der Waals surface area contributed by atoms with Gasteiger partial charge in [0, 0.05) is 26.1 Å². The molecule has 0 aromatic rings. The fourth-order valence-corrected chi connectivity index (χ4v) is 1.58. The number of amides is 1. The molecule has 0 rings (SSSR count). The van der Waals surface area contributed by atoms with E-state index >= 15 is 0 Å². The largest absolute Gasteiger partial charge is 0.392 e. The summed E-state index contributed by atoms with van der Waals surface area (Å²) in [5.74, 6) is 0.139. The van der Waals surface area contributed by atoms with Crippen LogP contribution < -0.4 is 10.6 Å². The molecule has 0 aliphatic carbocycles. The topological polar surface area (TPSA) is 61.4 Å². The lowest BCUT2D eigenvalue weighted by Crippen LogP contribution is -2.34. The summed E-state index contributed by atoms with van der Waals surface area (Å²) in [5, 5.41) is 14.9. The van der Waals surface area contributed by atoms with E-state index in [9.17, 15) is 4.79 Å². The Kier molecular flexibility index (Phi) is 11.4. The fourth-order valence-electron chi connectivity index (χ4n) is 1.58. The van der Waals surface area contributed by atoms with Gasteiger partial charge in [-0.05, 0) is 13.3 Å². The summed E-state index contributed by atoms with van der Waals surface area (Å²) in [5.41, 5.74) is 0. The van der Waals surface area contributed by atoms with Crippen molar-refractivity contribution in [3.8, 4) is 0 Å². The normalized spacial score (nSPS) is 12.4. The molecule has 0 spiro atoms. The minimum absolute atomic E-state index is 0.139. The summed E-state index contributed by atoms with van der Waals surface area (Å²) in [4.78, 5) is 11.4. The van der Waals surface area contributed by atoms with Crippen molar-refractivity contribution in [2.24, 2.45) is 0 Å². The first-order valence-electron chi connectivity index (χ1n) is 6.82. The Labute approximate surface area is 105 Å². The Morgan fingerprint density at radius 2 is 1.88 bits per heavy atom. The van der Waals surface area contributed by atoms with Gasteiger partial charge in [-0.1, -0.05) is 32.6 Å². The van der Waals surface area contributed by atoms with Crippen molar-refractivity contribution in [2.45, 2.75) is 58.5 Å². The summed E-state index contributed by atoms with van der Waals surface area (Å²) in [6.45, 7) is 5.86. The number of aliphatic hydroxyl groups excluding tert-OH is 1. The van der Waals surface area contributed by atoms with E-state index < -0.39 is 0 Å². The van der Waals surface area contributed by atoms with Crippen LogP contribution in [0, 0.1) is 0 Å². The zero-order valence-corrected chi connectivity index (χ0v) is 11.3. The number of nitrogens with one attached hydrogen (secondary N) is 2. The Morgan fingerprint density at radius 1 is 1.18 bits per heavy atom. The standard InChI is InChI=1S/C13H28N2O2/c1-3-4-5-6-7-8-13(17)15-10-9-14-11-12(2)16/h12,14,16H,3-11H2,1-2H3,(H,15,17). The molecule has 102 valence electrons. The van der Waals surface area contributed by atoms with Crippen LogP contribution in [0.15, 0.2) is 0 Å². The Hall–Kier alpha value is -0.610. The van der Waals surface area contributed by atoms with Crippen LogP contribution in [0.25, 0.3) is 0 Å². The molecule has 0 saturated heterocycles. The third kappa shape index (κ3) is 13.3. The van der Waals surface area contributed by atoms with Crippen molar-refractivity contribution < 1.29 is 9.90 Å². The molecule has 0 saturated carbocycles. The second-order valence-electron chi connectivity index (χ2n) is 4.57. The van der Waals surface area contributed by atoms with Crippen molar-refractivity contribution in [2.75, 3.05) is 19.6 Å². The Bertz CT molecular complexity index is 184. The Morgan fingerprint density at radius 3 is 2.53 bits per heavy atom. The lowest BCUT2D eigenvalue weighted by atomic mass is 10.1. The van der Waals surface area contributed by atoms with Crippen molar-refractivity contribution >= 4 is 5.91 Å². The molecule has 4 nitrogen and oxygen atoms in total. The summed E-state index contributed by atoms with van der Waals surface area (Å²) >= 11 is 0. The summed E-state index contributed by atoms with van der Waals surface area (Å²) < 4.78 is 0. The molecular formula is C13H28N2O2. The highest BCUT2D eigenvalue weighted by molar-refractivity contribution is 5.75. The molecule has 0 bridgehead atoms. The SMILES string of the molecule is CCCCCCCC(=O)NCCNCC(C)O. The van der Waals surface area contributed by atoms with Gasteiger partial charge in [0.2, 0.25) is 5.91 Å². The van der Waals surface area contributed by atoms with Gasteiger partial charge in [0.05, 0.1) is 6.10 Å². The van der Waals surface area contributed by atoms with E-state index in [-0.39, 0.29) is 12.0 Å². The van der Waals surface area contributed by atoms with Crippen LogP contribution in [-0.2, 0) is 4.79 Å². The van der Waals surface area contributed by atoms with Gasteiger partial charge >= 0.3 is 0 Å². The predicted octanol–water partition coefficient (Wildman–Crippen LogP) is 1.43. The van der Waals surface area contributed by atoms with Crippen molar-refractivity contribution in [3.05, 3.63) is 0 Å². The zero-order valence-electron chi connectivity index (χ0n) is 11.3. The quantitative estimate of drug-likeness (QED) is 0.482. The first kappa shape index (κ1) is 16.4. The second-order valence-corrected chi connectivity index (χ2v) is 4.57. The number of carbonyl (C=O) groups excluding carboxylic acids is 1. The number of aliphatic hydroxyl groups is 1. The average Bonchev–Trinajstić information content (AvgIpc) is 2.28. The first-order chi connectivity index (χ1) is 8.16. The molecule has 0 heterocycles. The van der Waals surface area contributed by atoms with Crippen molar-refractivity contribution in [1.29, 1.82) is 0 Å². The molecule has 1 unspecified atom stereocenters. The number of hydrogen-bond donors (Lipinski definition) is 3. The van der Waals surface area contributed by atoms with Crippen LogP contribution in [0.1, 0.15) is 52.4 Å².